The predicted octanol–water partition coefficient (Wildman–Crippen LogP) is 4.45. The molecule has 0 aliphatic rings. The van der Waals surface area contributed by atoms with Crippen molar-refractivity contribution in [3.8, 4) is 17.6 Å². The van der Waals surface area contributed by atoms with Crippen LogP contribution in [0.15, 0.2) is 36.4 Å². The summed E-state index contributed by atoms with van der Waals surface area (Å²) in [7, 11) is 0. The van der Waals surface area contributed by atoms with Crippen LogP contribution in [0.25, 0.3) is 0 Å². The smallest absolute Gasteiger partial charge is 0.146 e. The monoisotopic (exact) mass is 261 g/mol. The molecule has 0 saturated heterocycles. The van der Waals surface area contributed by atoms with Gasteiger partial charge in [-0.25, -0.2) is 4.39 Å². The summed E-state index contributed by atoms with van der Waals surface area (Å²) < 4.78 is 18.5. The SMILES string of the molecule is Cc1cc(C#N)ccc1Oc1ccc(F)cc1Cl. The van der Waals surface area contributed by atoms with Crippen LogP contribution in [0.3, 0.4) is 0 Å². The van der Waals surface area contributed by atoms with Gasteiger partial charge in [0.2, 0.25) is 0 Å². The van der Waals surface area contributed by atoms with Gasteiger partial charge in [-0.2, -0.15) is 5.26 Å². The van der Waals surface area contributed by atoms with E-state index < -0.39 is 5.82 Å². The van der Waals surface area contributed by atoms with Crippen LogP contribution in [0.1, 0.15) is 11.1 Å². The van der Waals surface area contributed by atoms with Crippen LogP contribution >= 0.6 is 11.6 Å². The van der Waals surface area contributed by atoms with E-state index in [4.69, 9.17) is 21.6 Å². The molecule has 0 spiro atoms. The number of rotatable bonds is 2. The molecular weight excluding hydrogens is 253 g/mol. The normalized spacial score (nSPS) is 9.89. The van der Waals surface area contributed by atoms with Gasteiger partial charge >= 0.3 is 0 Å². The summed E-state index contributed by atoms with van der Waals surface area (Å²) in [5, 5.41) is 8.97. The molecule has 0 aliphatic carbocycles. The Bertz CT molecular complexity index is 634. The fraction of sp³-hybridized carbons (Fsp3) is 0.0714. The number of benzene rings is 2. The van der Waals surface area contributed by atoms with Crippen molar-refractivity contribution in [3.63, 3.8) is 0 Å². The third kappa shape index (κ3) is 2.61. The largest absolute Gasteiger partial charge is 0.456 e. The molecule has 0 fully saturated rings. The number of hydrogen-bond donors (Lipinski definition) is 0. The topological polar surface area (TPSA) is 33.0 Å². The summed E-state index contributed by atoms with van der Waals surface area (Å²) in [4.78, 5) is 0. The summed E-state index contributed by atoms with van der Waals surface area (Å²) in [5.41, 5.74) is 1.37. The van der Waals surface area contributed by atoms with E-state index in [1.54, 1.807) is 18.2 Å². The van der Waals surface area contributed by atoms with Gasteiger partial charge in [0.05, 0.1) is 16.7 Å². The van der Waals surface area contributed by atoms with Gasteiger partial charge in [-0.15, -0.1) is 0 Å². The van der Waals surface area contributed by atoms with Crippen molar-refractivity contribution in [1.29, 1.82) is 5.26 Å². The zero-order valence-corrected chi connectivity index (χ0v) is 10.3. The summed E-state index contributed by atoms with van der Waals surface area (Å²) in [6.45, 7) is 1.83. The molecule has 0 heterocycles. The van der Waals surface area contributed by atoms with Crippen LogP contribution in [-0.2, 0) is 0 Å². The molecule has 2 aromatic rings. The maximum atomic E-state index is 12.9. The van der Waals surface area contributed by atoms with Crippen LogP contribution in [-0.4, -0.2) is 0 Å². The van der Waals surface area contributed by atoms with Crippen molar-refractivity contribution in [3.05, 3.63) is 58.4 Å². The molecule has 0 radical (unpaired) electrons. The molecular formula is C14H9ClFNO. The van der Waals surface area contributed by atoms with Crippen molar-refractivity contribution in [2.24, 2.45) is 0 Å². The number of halogens is 2. The Morgan fingerprint density at radius 3 is 2.50 bits per heavy atom. The molecule has 90 valence electrons. The minimum absolute atomic E-state index is 0.207. The molecule has 4 heteroatoms. The number of ether oxygens (including phenoxy) is 1. The van der Waals surface area contributed by atoms with E-state index in [2.05, 4.69) is 0 Å². The lowest BCUT2D eigenvalue weighted by atomic mass is 10.1. The predicted molar refractivity (Wildman–Crippen MR) is 67.4 cm³/mol. The maximum Gasteiger partial charge on any atom is 0.146 e. The van der Waals surface area contributed by atoms with Gasteiger partial charge in [-0.05, 0) is 48.9 Å². The first-order valence-corrected chi connectivity index (χ1v) is 5.61. The average Bonchev–Trinajstić information content (AvgIpc) is 2.34. The third-order valence-corrected chi connectivity index (χ3v) is 2.71. The van der Waals surface area contributed by atoms with Crippen LogP contribution in [0, 0.1) is 24.1 Å². The molecule has 0 saturated carbocycles. The van der Waals surface area contributed by atoms with Crippen molar-refractivity contribution in [2.45, 2.75) is 6.92 Å². The molecule has 0 amide bonds. The van der Waals surface area contributed by atoms with E-state index in [0.29, 0.717) is 17.1 Å². The van der Waals surface area contributed by atoms with Gasteiger partial charge < -0.3 is 4.74 Å². The van der Waals surface area contributed by atoms with Crippen LogP contribution < -0.4 is 4.74 Å². The Labute approximate surface area is 109 Å². The third-order valence-electron chi connectivity index (χ3n) is 2.42. The Hall–Kier alpha value is -2.05. The molecule has 0 atom stereocenters. The fourth-order valence-corrected chi connectivity index (χ4v) is 1.72. The van der Waals surface area contributed by atoms with Crippen molar-refractivity contribution >= 4 is 11.6 Å². The van der Waals surface area contributed by atoms with Crippen molar-refractivity contribution in [2.75, 3.05) is 0 Å². The standard InChI is InChI=1S/C14H9ClFNO/c1-9-6-10(8-17)2-4-13(9)18-14-5-3-11(16)7-12(14)15/h2-7H,1H3. The van der Waals surface area contributed by atoms with Crippen LogP contribution in [0.5, 0.6) is 11.5 Å². The average molecular weight is 262 g/mol. The highest BCUT2D eigenvalue weighted by Crippen LogP contribution is 2.31. The lowest BCUT2D eigenvalue weighted by molar-refractivity contribution is 0.477. The lowest BCUT2D eigenvalue weighted by Crippen LogP contribution is -1.90. The van der Waals surface area contributed by atoms with Crippen LogP contribution in [0.2, 0.25) is 5.02 Å². The van der Waals surface area contributed by atoms with E-state index in [0.717, 1.165) is 5.56 Å². The molecule has 0 aliphatic heterocycles. The Kier molecular flexibility index (Phi) is 3.50. The lowest BCUT2D eigenvalue weighted by Gasteiger charge is -2.10. The van der Waals surface area contributed by atoms with E-state index in [1.807, 2.05) is 13.0 Å². The van der Waals surface area contributed by atoms with Crippen molar-refractivity contribution in [1.82, 2.24) is 0 Å². The van der Waals surface area contributed by atoms with E-state index in [1.165, 1.54) is 18.2 Å². The minimum Gasteiger partial charge on any atom is -0.456 e. The van der Waals surface area contributed by atoms with E-state index in [-0.39, 0.29) is 5.02 Å². The maximum absolute atomic E-state index is 12.9. The Morgan fingerprint density at radius 2 is 1.89 bits per heavy atom. The highest BCUT2D eigenvalue weighted by molar-refractivity contribution is 6.32. The van der Waals surface area contributed by atoms with Gasteiger partial charge in [-0.1, -0.05) is 11.6 Å². The Balaban J connectivity index is 2.32. The van der Waals surface area contributed by atoms with Gasteiger partial charge in [0, 0.05) is 0 Å². The summed E-state index contributed by atoms with van der Waals surface area (Å²) in [6, 6.07) is 11.0. The van der Waals surface area contributed by atoms with E-state index in [9.17, 15) is 4.39 Å². The summed E-state index contributed by atoms with van der Waals surface area (Å²) in [6.07, 6.45) is 0. The second-order valence-corrected chi connectivity index (χ2v) is 4.18. The van der Waals surface area contributed by atoms with Crippen LogP contribution in [0.4, 0.5) is 4.39 Å². The zero-order valence-electron chi connectivity index (χ0n) is 9.58. The van der Waals surface area contributed by atoms with Gasteiger partial charge in [0.15, 0.2) is 0 Å². The number of hydrogen-bond acceptors (Lipinski definition) is 2. The molecule has 0 aromatic heterocycles. The quantitative estimate of drug-likeness (QED) is 0.800. The van der Waals surface area contributed by atoms with Gasteiger partial charge in [0.1, 0.15) is 17.3 Å². The number of nitrogens with zero attached hydrogens (tertiary/aromatic N) is 1. The molecule has 0 unspecified atom stereocenters. The second-order valence-electron chi connectivity index (χ2n) is 3.77. The first-order valence-electron chi connectivity index (χ1n) is 5.24. The van der Waals surface area contributed by atoms with E-state index >= 15 is 0 Å². The fourth-order valence-electron chi connectivity index (χ4n) is 1.51. The molecule has 2 rings (SSSR count). The first-order chi connectivity index (χ1) is 8.60. The summed E-state index contributed by atoms with van der Waals surface area (Å²) in [5.74, 6) is 0.553. The molecule has 2 aromatic carbocycles. The molecule has 0 N–H and O–H groups in total. The number of aryl methyl sites for hydroxylation is 1. The molecule has 0 bridgehead atoms. The highest BCUT2D eigenvalue weighted by atomic mass is 35.5. The Morgan fingerprint density at radius 1 is 1.17 bits per heavy atom. The second kappa shape index (κ2) is 5.07. The minimum atomic E-state index is -0.413. The molecule has 2 nitrogen and oxygen atoms in total. The number of nitriles is 1. The van der Waals surface area contributed by atoms with Gasteiger partial charge in [0.25, 0.3) is 0 Å². The highest BCUT2D eigenvalue weighted by Gasteiger charge is 2.07. The van der Waals surface area contributed by atoms with Gasteiger partial charge in [-0.3, -0.25) is 0 Å². The zero-order chi connectivity index (χ0) is 13.1. The first kappa shape index (κ1) is 12.4. The van der Waals surface area contributed by atoms with Crippen molar-refractivity contribution < 1.29 is 9.13 Å². The molecule has 18 heavy (non-hydrogen) atoms. The summed E-state index contributed by atoms with van der Waals surface area (Å²) >= 11 is 5.87.